The van der Waals surface area contributed by atoms with Crippen molar-refractivity contribution in [3.63, 3.8) is 0 Å². The maximum Gasteiger partial charge on any atom is 0.214 e. The summed E-state index contributed by atoms with van der Waals surface area (Å²) >= 11 is 0. The van der Waals surface area contributed by atoms with Gasteiger partial charge >= 0.3 is 0 Å². The Morgan fingerprint density at radius 3 is 2.05 bits per heavy atom. The number of hydrogen-bond acceptors (Lipinski definition) is 3. The van der Waals surface area contributed by atoms with Crippen LogP contribution in [0.4, 0.5) is 0 Å². The van der Waals surface area contributed by atoms with Crippen LogP contribution in [-0.4, -0.2) is 38.1 Å². The highest BCUT2D eigenvalue weighted by Gasteiger charge is 2.30. The van der Waals surface area contributed by atoms with Crippen LogP contribution < -0.4 is 5.73 Å². The second-order valence-electron chi connectivity index (χ2n) is 5.86. The highest BCUT2D eigenvalue weighted by molar-refractivity contribution is 7.89. The van der Waals surface area contributed by atoms with Crippen LogP contribution in [0.1, 0.15) is 44.9 Å². The lowest BCUT2D eigenvalue weighted by Gasteiger charge is -2.32. The largest absolute Gasteiger partial charge is 0.330 e. The second kappa shape index (κ2) is 7.81. The summed E-state index contributed by atoms with van der Waals surface area (Å²) in [5.74, 6) is 1.29. The Hall–Kier alpha value is 0.160. The van der Waals surface area contributed by atoms with Gasteiger partial charge in [0, 0.05) is 13.1 Å². The maximum atomic E-state index is 12.3. The van der Waals surface area contributed by atoms with Crippen molar-refractivity contribution >= 4 is 22.4 Å². The van der Waals surface area contributed by atoms with Crippen molar-refractivity contribution in [3.8, 4) is 0 Å². The van der Waals surface area contributed by atoms with Gasteiger partial charge < -0.3 is 5.73 Å². The minimum atomic E-state index is -3.02. The third kappa shape index (κ3) is 4.88. The molecule has 2 aliphatic rings. The van der Waals surface area contributed by atoms with Gasteiger partial charge in [-0.25, -0.2) is 12.7 Å². The molecule has 2 N–H and O–H groups in total. The Bertz CT molecular complexity index is 348. The quantitative estimate of drug-likeness (QED) is 0.863. The van der Waals surface area contributed by atoms with Gasteiger partial charge in [-0.05, 0) is 44.1 Å². The summed E-state index contributed by atoms with van der Waals surface area (Å²) in [5.41, 5.74) is 5.64. The van der Waals surface area contributed by atoms with Gasteiger partial charge in [-0.1, -0.05) is 19.3 Å². The van der Waals surface area contributed by atoms with Crippen LogP contribution in [0.5, 0.6) is 0 Å². The van der Waals surface area contributed by atoms with E-state index < -0.39 is 10.0 Å². The molecule has 4 nitrogen and oxygen atoms in total. The third-order valence-electron chi connectivity index (χ3n) is 4.47. The predicted octanol–water partition coefficient (Wildman–Crippen LogP) is 1.99. The van der Waals surface area contributed by atoms with E-state index in [9.17, 15) is 8.42 Å². The fraction of sp³-hybridized carbons (Fsp3) is 1.00. The first-order valence-corrected chi connectivity index (χ1v) is 8.90. The predicted molar refractivity (Wildman–Crippen MR) is 81.0 cm³/mol. The molecule has 0 unspecified atom stereocenters. The standard InChI is InChI=1S/C13H26N2O2S.ClH/c14-10-12-6-8-15(9-7-12)18(16,17)11-13-4-2-1-3-5-13;/h12-13H,1-11,14H2;1H. The molecule has 1 saturated heterocycles. The Morgan fingerprint density at radius 1 is 0.947 bits per heavy atom. The Balaban J connectivity index is 0.00000180. The van der Waals surface area contributed by atoms with E-state index in [-0.39, 0.29) is 12.4 Å². The normalized spacial score (nSPS) is 24.1. The van der Waals surface area contributed by atoms with Crippen LogP contribution in [-0.2, 0) is 10.0 Å². The van der Waals surface area contributed by atoms with Crippen LogP contribution in [0.2, 0.25) is 0 Å². The topological polar surface area (TPSA) is 63.4 Å². The summed E-state index contributed by atoms with van der Waals surface area (Å²) in [4.78, 5) is 0. The molecule has 2 rings (SSSR count). The number of piperidine rings is 1. The Kier molecular flexibility index (Phi) is 7.08. The molecule has 1 aliphatic carbocycles. The second-order valence-corrected chi connectivity index (χ2v) is 7.87. The highest BCUT2D eigenvalue weighted by atomic mass is 35.5. The van der Waals surface area contributed by atoms with E-state index >= 15 is 0 Å². The van der Waals surface area contributed by atoms with E-state index in [0.29, 0.717) is 37.2 Å². The first kappa shape index (κ1) is 17.2. The van der Waals surface area contributed by atoms with E-state index in [1.807, 2.05) is 0 Å². The molecular weight excluding hydrogens is 284 g/mol. The van der Waals surface area contributed by atoms with Crippen molar-refractivity contribution < 1.29 is 8.42 Å². The number of hydrogen-bond donors (Lipinski definition) is 1. The maximum absolute atomic E-state index is 12.3. The van der Waals surface area contributed by atoms with Crippen molar-refractivity contribution in [1.82, 2.24) is 4.31 Å². The molecule has 2 fully saturated rings. The van der Waals surface area contributed by atoms with E-state index in [1.54, 1.807) is 4.31 Å². The lowest BCUT2D eigenvalue weighted by Crippen LogP contribution is -2.42. The minimum Gasteiger partial charge on any atom is -0.330 e. The SMILES string of the molecule is Cl.NCC1CCN(S(=O)(=O)CC2CCCCC2)CC1. The monoisotopic (exact) mass is 310 g/mol. The van der Waals surface area contributed by atoms with Gasteiger partial charge in [0.1, 0.15) is 0 Å². The average Bonchev–Trinajstić information content (AvgIpc) is 2.39. The summed E-state index contributed by atoms with van der Waals surface area (Å²) in [5, 5.41) is 0. The first-order valence-electron chi connectivity index (χ1n) is 7.29. The summed E-state index contributed by atoms with van der Waals surface area (Å²) in [6.07, 6.45) is 7.74. The number of nitrogens with two attached hydrogens (primary N) is 1. The Labute approximate surface area is 123 Å². The molecule has 0 atom stereocenters. The molecule has 0 radical (unpaired) electrons. The van der Waals surface area contributed by atoms with Gasteiger partial charge in [-0.3, -0.25) is 0 Å². The molecule has 0 bridgehead atoms. The van der Waals surface area contributed by atoms with E-state index in [2.05, 4.69) is 0 Å². The Morgan fingerprint density at radius 2 is 1.53 bits per heavy atom. The zero-order valence-electron chi connectivity index (χ0n) is 11.6. The van der Waals surface area contributed by atoms with Gasteiger partial charge in [0.25, 0.3) is 0 Å². The lowest BCUT2D eigenvalue weighted by molar-refractivity contribution is 0.275. The molecular formula is C13H27ClN2O2S. The molecule has 1 saturated carbocycles. The van der Waals surface area contributed by atoms with Crippen molar-refractivity contribution in [1.29, 1.82) is 0 Å². The molecule has 6 heteroatoms. The molecule has 114 valence electrons. The molecule has 19 heavy (non-hydrogen) atoms. The van der Waals surface area contributed by atoms with Crippen LogP contribution in [0.3, 0.4) is 0 Å². The average molecular weight is 311 g/mol. The number of halogens is 1. The smallest absolute Gasteiger partial charge is 0.214 e. The van der Waals surface area contributed by atoms with Crippen LogP contribution in [0.25, 0.3) is 0 Å². The van der Waals surface area contributed by atoms with Gasteiger partial charge in [0.05, 0.1) is 5.75 Å². The molecule has 0 aromatic heterocycles. The number of rotatable bonds is 4. The van der Waals surface area contributed by atoms with Crippen molar-refractivity contribution in [2.45, 2.75) is 44.9 Å². The molecule has 0 aromatic carbocycles. The van der Waals surface area contributed by atoms with Gasteiger partial charge in [0.15, 0.2) is 0 Å². The summed E-state index contributed by atoms with van der Waals surface area (Å²) < 4.78 is 26.4. The van der Waals surface area contributed by atoms with E-state index in [4.69, 9.17) is 5.73 Å². The fourth-order valence-corrected chi connectivity index (χ4v) is 5.09. The summed E-state index contributed by atoms with van der Waals surface area (Å²) in [6, 6.07) is 0. The fourth-order valence-electron chi connectivity index (χ4n) is 3.18. The van der Waals surface area contributed by atoms with Crippen molar-refractivity contribution in [3.05, 3.63) is 0 Å². The van der Waals surface area contributed by atoms with Crippen molar-refractivity contribution in [2.75, 3.05) is 25.4 Å². The molecule has 0 aromatic rings. The minimum absolute atomic E-state index is 0. The molecule has 1 aliphatic heterocycles. The summed E-state index contributed by atoms with van der Waals surface area (Å²) in [6.45, 7) is 2.05. The van der Waals surface area contributed by atoms with Gasteiger partial charge in [0.2, 0.25) is 10.0 Å². The zero-order chi connectivity index (χ0) is 13.0. The summed E-state index contributed by atoms with van der Waals surface area (Å²) in [7, 11) is -3.02. The molecule has 0 spiro atoms. The van der Waals surface area contributed by atoms with Gasteiger partial charge in [-0.2, -0.15) is 0 Å². The first-order chi connectivity index (χ1) is 8.62. The lowest BCUT2D eigenvalue weighted by atomic mass is 9.91. The highest BCUT2D eigenvalue weighted by Crippen LogP contribution is 2.27. The third-order valence-corrected chi connectivity index (χ3v) is 6.52. The van der Waals surface area contributed by atoms with Gasteiger partial charge in [-0.15, -0.1) is 12.4 Å². The molecule has 1 heterocycles. The van der Waals surface area contributed by atoms with Crippen LogP contribution >= 0.6 is 12.4 Å². The number of nitrogens with zero attached hydrogens (tertiary/aromatic N) is 1. The van der Waals surface area contributed by atoms with E-state index in [1.165, 1.54) is 19.3 Å². The molecule has 0 amide bonds. The van der Waals surface area contributed by atoms with Crippen LogP contribution in [0, 0.1) is 11.8 Å². The zero-order valence-corrected chi connectivity index (χ0v) is 13.2. The van der Waals surface area contributed by atoms with E-state index in [0.717, 1.165) is 25.7 Å². The number of sulfonamides is 1. The van der Waals surface area contributed by atoms with Crippen LogP contribution in [0.15, 0.2) is 0 Å². The van der Waals surface area contributed by atoms with Crippen molar-refractivity contribution in [2.24, 2.45) is 17.6 Å².